The van der Waals surface area contributed by atoms with E-state index in [-0.39, 0.29) is 0 Å². The Kier molecular flexibility index (Phi) is 5.88. The van der Waals surface area contributed by atoms with E-state index in [1.54, 1.807) is 0 Å². The van der Waals surface area contributed by atoms with Crippen LogP contribution < -0.4 is 0 Å². The van der Waals surface area contributed by atoms with Crippen LogP contribution in [0.5, 0.6) is 0 Å². The van der Waals surface area contributed by atoms with E-state index in [1.165, 1.54) is 6.01 Å². The summed E-state index contributed by atoms with van der Waals surface area (Å²) in [5, 5.41) is 20.5. The topological polar surface area (TPSA) is 91.5 Å². The number of carbonyl (C=O) groups is 1. The Balaban J connectivity index is 0.000000673. The van der Waals surface area contributed by atoms with Gasteiger partial charge in [0, 0.05) is 6.54 Å². The van der Waals surface area contributed by atoms with Crippen molar-refractivity contribution in [3.63, 3.8) is 0 Å². The number of nitrogens with zero attached hydrogens (tertiary/aromatic N) is 2. The number of nitrogens with one attached hydrogen (secondary N) is 2. The van der Waals surface area contributed by atoms with Crippen LogP contribution in [0.3, 0.4) is 0 Å². The molecule has 1 aliphatic heterocycles. The van der Waals surface area contributed by atoms with Crippen LogP contribution in [0.25, 0.3) is 0 Å². The van der Waals surface area contributed by atoms with Gasteiger partial charge in [0.1, 0.15) is 0 Å². The van der Waals surface area contributed by atoms with E-state index < -0.39 is 11.6 Å². The maximum Gasteiger partial charge on any atom is 0.339 e. The van der Waals surface area contributed by atoms with Crippen molar-refractivity contribution in [2.45, 2.75) is 25.4 Å². The van der Waals surface area contributed by atoms with Crippen molar-refractivity contribution in [1.29, 1.82) is 10.8 Å². The molecule has 3 N–H and O–H groups in total. The molecule has 1 atom stereocenters. The van der Waals surface area contributed by atoms with Crippen molar-refractivity contribution in [3.05, 3.63) is 0 Å². The van der Waals surface area contributed by atoms with E-state index in [1.807, 2.05) is 30.8 Å². The van der Waals surface area contributed by atoms with Crippen molar-refractivity contribution in [1.82, 2.24) is 9.80 Å². The summed E-state index contributed by atoms with van der Waals surface area (Å²) in [6.07, 6.45) is 1.70. The first kappa shape index (κ1) is 14.8. The predicted molar refractivity (Wildman–Crippen MR) is 61.0 cm³/mol. The Hall–Kier alpha value is -1.23. The highest BCUT2D eigenvalue weighted by atomic mass is 16.4. The maximum absolute atomic E-state index is 11.3. The largest absolute Gasteiger partial charge is 0.479 e. The van der Waals surface area contributed by atoms with Gasteiger partial charge in [0.15, 0.2) is 5.66 Å². The summed E-state index contributed by atoms with van der Waals surface area (Å²) in [4.78, 5) is 15.1. The zero-order valence-corrected chi connectivity index (χ0v) is 10.1. The lowest BCUT2D eigenvalue weighted by Crippen LogP contribution is -2.59. The molecule has 6 nitrogen and oxygen atoms in total. The maximum atomic E-state index is 11.3. The highest BCUT2D eigenvalue weighted by Gasteiger charge is 2.48. The molecular weight excluding hydrogens is 208 g/mol. The second kappa shape index (κ2) is 6.37. The molecule has 0 spiro atoms. The summed E-state index contributed by atoms with van der Waals surface area (Å²) in [5.41, 5.74) is -0.755. The van der Waals surface area contributed by atoms with E-state index in [0.29, 0.717) is 0 Å². The number of carboxylic acid groups (broad SMARTS) is 1. The molecule has 1 rings (SSSR count). The van der Waals surface area contributed by atoms with Crippen molar-refractivity contribution < 1.29 is 9.90 Å². The average molecular weight is 228 g/mol. The highest BCUT2D eigenvalue weighted by molar-refractivity contribution is 5.78. The molecule has 1 aliphatic rings. The Morgan fingerprint density at radius 1 is 1.56 bits per heavy atom. The molecule has 0 aromatic heterocycles. The molecule has 0 bridgehead atoms. The lowest BCUT2D eigenvalue weighted by Gasteiger charge is -2.39. The SMILES string of the molecule is CCN1CCCC1(C(=O)O)N(C)C.N=C=N. The fourth-order valence-corrected chi connectivity index (χ4v) is 2.22. The number of carboxylic acids is 1. The quantitative estimate of drug-likeness (QED) is 0.622. The standard InChI is InChI=1S/C9H18N2O2.CH2N2/c1-4-11-7-5-6-9(11,8(12)13)10(2)3;2-1-3/h4-7H2,1-3H3,(H,12,13);2-3H. The van der Waals surface area contributed by atoms with Crippen LogP contribution in [0.1, 0.15) is 19.8 Å². The lowest BCUT2D eigenvalue weighted by atomic mass is 10.1. The molecule has 0 aromatic rings. The smallest absolute Gasteiger partial charge is 0.339 e. The predicted octanol–water partition coefficient (Wildman–Crippen LogP) is 0.762. The fraction of sp³-hybridized carbons (Fsp3) is 0.800. The van der Waals surface area contributed by atoms with E-state index in [2.05, 4.69) is 0 Å². The number of hydrogen-bond acceptors (Lipinski definition) is 5. The summed E-state index contributed by atoms with van der Waals surface area (Å²) in [7, 11) is 3.67. The van der Waals surface area contributed by atoms with Gasteiger partial charge in [-0.15, -0.1) is 0 Å². The second-order valence-electron chi connectivity index (χ2n) is 3.82. The Morgan fingerprint density at radius 3 is 2.31 bits per heavy atom. The summed E-state index contributed by atoms with van der Waals surface area (Å²) < 4.78 is 0. The Morgan fingerprint density at radius 2 is 2.06 bits per heavy atom. The van der Waals surface area contributed by atoms with Crippen molar-refractivity contribution in [2.24, 2.45) is 0 Å². The van der Waals surface area contributed by atoms with Crippen LogP contribution in [0, 0.1) is 10.8 Å². The van der Waals surface area contributed by atoms with Gasteiger partial charge in [-0.05, 0) is 33.5 Å². The molecule has 0 aromatic carbocycles. The molecule has 0 saturated carbocycles. The van der Waals surface area contributed by atoms with Crippen LogP contribution in [-0.4, -0.2) is 59.7 Å². The Bertz CT molecular complexity index is 274. The third-order valence-corrected chi connectivity index (χ3v) is 2.94. The molecule has 0 aliphatic carbocycles. The van der Waals surface area contributed by atoms with Gasteiger partial charge >= 0.3 is 5.97 Å². The number of aliphatic carboxylic acids is 1. The van der Waals surface area contributed by atoms with Gasteiger partial charge in [0.25, 0.3) is 0 Å². The van der Waals surface area contributed by atoms with Crippen LogP contribution in [-0.2, 0) is 4.79 Å². The molecule has 1 fully saturated rings. The van der Waals surface area contributed by atoms with Gasteiger partial charge in [-0.25, -0.2) is 15.6 Å². The van der Waals surface area contributed by atoms with E-state index in [0.717, 1.165) is 25.9 Å². The zero-order chi connectivity index (χ0) is 12.8. The normalized spacial score (nSPS) is 24.8. The van der Waals surface area contributed by atoms with Gasteiger partial charge in [0.2, 0.25) is 0 Å². The number of hydrogen-bond donors (Lipinski definition) is 3. The minimum atomic E-state index is -0.755. The molecule has 0 amide bonds. The monoisotopic (exact) mass is 228 g/mol. The van der Waals surface area contributed by atoms with Crippen molar-refractivity contribution >= 4 is 12.0 Å². The first-order valence-electron chi connectivity index (χ1n) is 5.21. The van der Waals surface area contributed by atoms with Crippen LogP contribution in [0.15, 0.2) is 0 Å². The number of likely N-dealkylation sites (tertiary alicyclic amines) is 1. The van der Waals surface area contributed by atoms with Gasteiger partial charge in [-0.1, -0.05) is 6.92 Å². The highest BCUT2D eigenvalue weighted by Crippen LogP contribution is 2.30. The molecule has 6 heteroatoms. The molecule has 1 heterocycles. The van der Waals surface area contributed by atoms with Crippen molar-refractivity contribution in [3.8, 4) is 0 Å². The summed E-state index contributed by atoms with van der Waals surface area (Å²) in [6, 6.07) is 1.25. The molecule has 1 saturated heterocycles. The van der Waals surface area contributed by atoms with E-state index >= 15 is 0 Å². The zero-order valence-electron chi connectivity index (χ0n) is 10.1. The van der Waals surface area contributed by atoms with Gasteiger partial charge in [-0.3, -0.25) is 9.80 Å². The molecule has 92 valence electrons. The first-order chi connectivity index (χ1) is 7.47. The lowest BCUT2D eigenvalue weighted by molar-refractivity contribution is -0.160. The molecular formula is C10H20N4O2. The first-order valence-corrected chi connectivity index (χ1v) is 5.21. The summed E-state index contributed by atoms with van der Waals surface area (Å²) >= 11 is 0. The van der Waals surface area contributed by atoms with Gasteiger partial charge < -0.3 is 5.11 Å². The number of rotatable bonds is 3. The van der Waals surface area contributed by atoms with E-state index in [9.17, 15) is 9.90 Å². The average Bonchev–Trinajstić information content (AvgIpc) is 2.62. The third-order valence-electron chi connectivity index (χ3n) is 2.94. The fourth-order valence-electron chi connectivity index (χ4n) is 2.22. The van der Waals surface area contributed by atoms with Gasteiger partial charge in [0.05, 0.1) is 6.01 Å². The van der Waals surface area contributed by atoms with E-state index in [4.69, 9.17) is 10.8 Å². The minimum absolute atomic E-state index is 0.725. The molecule has 16 heavy (non-hydrogen) atoms. The van der Waals surface area contributed by atoms with Gasteiger partial charge in [-0.2, -0.15) is 0 Å². The second-order valence-corrected chi connectivity index (χ2v) is 3.82. The van der Waals surface area contributed by atoms with Crippen molar-refractivity contribution in [2.75, 3.05) is 27.2 Å². The molecule has 0 radical (unpaired) electrons. The van der Waals surface area contributed by atoms with Crippen LogP contribution >= 0.6 is 0 Å². The number of likely N-dealkylation sites (N-methyl/N-ethyl adjacent to an activating group) is 2. The van der Waals surface area contributed by atoms with Crippen LogP contribution in [0.4, 0.5) is 0 Å². The van der Waals surface area contributed by atoms with Crippen LogP contribution in [0.2, 0.25) is 0 Å². The summed E-state index contributed by atoms with van der Waals surface area (Å²) in [5.74, 6) is -0.725. The summed E-state index contributed by atoms with van der Waals surface area (Å²) in [6.45, 7) is 3.69. The minimum Gasteiger partial charge on any atom is -0.479 e. The third kappa shape index (κ3) is 2.66. The molecule has 1 unspecified atom stereocenters. The Labute approximate surface area is 95.9 Å².